The van der Waals surface area contributed by atoms with Crippen LogP contribution in [0.1, 0.15) is 44.0 Å². The van der Waals surface area contributed by atoms with Crippen molar-refractivity contribution in [1.29, 1.82) is 0 Å². The number of carbonyl (C=O) groups is 2. The predicted octanol–water partition coefficient (Wildman–Crippen LogP) is 4.29. The molecule has 1 aliphatic heterocycles. The molecule has 0 aromatic heterocycles. The highest BCUT2D eigenvalue weighted by Gasteiger charge is 2.38. The maximum Gasteiger partial charge on any atom is 0.407 e. The SMILES string of the molecule is CC(C)(C)N(C(=O)O)C1CCN(S(=O)(=O)c2ccc(F)c(C(=O)Nc3ccc(F)c(F)c3)c2)CC1. The van der Waals surface area contributed by atoms with Crippen molar-refractivity contribution in [3.05, 3.63) is 59.4 Å². The minimum atomic E-state index is -4.11. The Hall–Kier alpha value is -3.12. The van der Waals surface area contributed by atoms with E-state index >= 15 is 0 Å². The molecule has 0 atom stereocenters. The Morgan fingerprint density at radius 2 is 1.60 bits per heavy atom. The van der Waals surface area contributed by atoms with Crippen molar-refractivity contribution in [3.8, 4) is 0 Å². The summed E-state index contributed by atoms with van der Waals surface area (Å²) in [5, 5.41) is 11.8. The number of amides is 2. The molecule has 2 amide bonds. The number of nitrogens with zero attached hydrogens (tertiary/aromatic N) is 2. The van der Waals surface area contributed by atoms with Crippen LogP contribution in [0, 0.1) is 17.5 Å². The van der Waals surface area contributed by atoms with Crippen LogP contribution in [0.4, 0.5) is 23.7 Å². The maximum atomic E-state index is 14.4. The van der Waals surface area contributed by atoms with Crippen LogP contribution in [-0.4, -0.2) is 59.4 Å². The smallest absolute Gasteiger partial charge is 0.407 e. The molecule has 8 nitrogen and oxygen atoms in total. The molecule has 0 unspecified atom stereocenters. The number of hydrogen-bond acceptors (Lipinski definition) is 4. The van der Waals surface area contributed by atoms with Gasteiger partial charge in [0.1, 0.15) is 5.82 Å². The van der Waals surface area contributed by atoms with E-state index in [0.717, 1.165) is 34.6 Å². The van der Waals surface area contributed by atoms with Crippen molar-refractivity contribution in [2.45, 2.75) is 50.1 Å². The van der Waals surface area contributed by atoms with E-state index in [1.807, 2.05) is 0 Å². The lowest BCUT2D eigenvalue weighted by atomic mass is 9.98. The number of rotatable bonds is 5. The summed E-state index contributed by atoms with van der Waals surface area (Å²) in [5.74, 6) is -4.37. The number of carbonyl (C=O) groups excluding carboxylic acids is 1. The molecule has 35 heavy (non-hydrogen) atoms. The Morgan fingerprint density at radius 3 is 2.14 bits per heavy atom. The lowest BCUT2D eigenvalue weighted by Crippen LogP contribution is -2.55. The van der Waals surface area contributed by atoms with Gasteiger partial charge in [0.15, 0.2) is 11.6 Å². The first kappa shape index (κ1) is 26.5. The molecule has 1 saturated heterocycles. The number of piperidine rings is 1. The van der Waals surface area contributed by atoms with Gasteiger partial charge in [0.25, 0.3) is 5.91 Å². The van der Waals surface area contributed by atoms with E-state index in [1.54, 1.807) is 20.8 Å². The topological polar surface area (TPSA) is 107 Å². The summed E-state index contributed by atoms with van der Waals surface area (Å²) in [6, 6.07) is 4.96. The molecule has 12 heteroatoms. The van der Waals surface area contributed by atoms with Crippen LogP contribution in [0.2, 0.25) is 0 Å². The summed E-state index contributed by atoms with van der Waals surface area (Å²) in [4.78, 5) is 25.2. The van der Waals surface area contributed by atoms with Crippen LogP contribution in [0.5, 0.6) is 0 Å². The number of hydrogen-bond donors (Lipinski definition) is 2. The van der Waals surface area contributed by atoms with Gasteiger partial charge >= 0.3 is 6.09 Å². The summed E-state index contributed by atoms with van der Waals surface area (Å²) in [7, 11) is -4.11. The standard InChI is InChI=1S/C23H26F3N3O5S/c1-23(2,3)29(22(31)32)15-8-10-28(11-9-15)35(33,34)16-5-7-18(24)17(13-16)21(30)27-14-4-6-19(25)20(26)12-14/h4-7,12-13,15H,8-11H2,1-3H3,(H,27,30)(H,31,32). The minimum Gasteiger partial charge on any atom is -0.465 e. The molecule has 0 bridgehead atoms. The van der Waals surface area contributed by atoms with E-state index in [1.165, 1.54) is 4.90 Å². The van der Waals surface area contributed by atoms with Gasteiger partial charge in [-0.3, -0.25) is 4.79 Å². The van der Waals surface area contributed by atoms with Gasteiger partial charge in [-0.25, -0.2) is 26.4 Å². The molecule has 2 aromatic carbocycles. The summed E-state index contributed by atoms with van der Waals surface area (Å²) >= 11 is 0. The van der Waals surface area contributed by atoms with Gasteiger partial charge < -0.3 is 15.3 Å². The second-order valence-electron chi connectivity index (χ2n) is 9.18. The quantitative estimate of drug-likeness (QED) is 0.621. The number of nitrogens with one attached hydrogen (secondary N) is 1. The zero-order chi connectivity index (χ0) is 26.1. The summed E-state index contributed by atoms with van der Waals surface area (Å²) in [6.45, 7) is 5.36. The molecule has 1 aliphatic rings. The van der Waals surface area contributed by atoms with Crippen LogP contribution in [0.3, 0.4) is 0 Å². The third-order valence-corrected chi connectivity index (χ3v) is 7.61. The van der Waals surface area contributed by atoms with Crippen LogP contribution >= 0.6 is 0 Å². The molecule has 1 heterocycles. The van der Waals surface area contributed by atoms with Crippen molar-refractivity contribution < 1.29 is 36.3 Å². The molecule has 190 valence electrons. The zero-order valence-electron chi connectivity index (χ0n) is 19.4. The van der Waals surface area contributed by atoms with E-state index in [9.17, 15) is 36.3 Å². The first-order valence-electron chi connectivity index (χ1n) is 10.8. The van der Waals surface area contributed by atoms with Crippen molar-refractivity contribution in [1.82, 2.24) is 9.21 Å². The molecule has 3 rings (SSSR count). The van der Waals surface area contributed by atoms with Crippen molar-refractivity contribution in [2.24, 2.45) is 0 Å². The van der Waals surface area contributed by atoms with Crippen LogP contribution in [-0.2, 0) is 10.0 Å². The number of anilines is 1. The number of benzene rings is 2. The first-order chi connectivity index (χ1) is 16.2. The normalized spacial score (nSPS) is 15.6. The molecular weight excluding hydrogens is 487 g/mol. The van der Waals surface area contributed by atoms with Crippen LogP contribution in [0.25, 0.3) is 0 Å². The zero-order valence-corrected chi connectivity index (χ0v) is 20.2. The van der Waals surface area contributed by atoms with Gasteiger partial charge in [-0.15, -0.1) is 0 Å². The first-order valence-corrected chi connectivity index (χ1v) is 12.2. The molecule has 0 saturated carbocycles. The summed E-state index contributed by atoms with van der Waals surface area (Å²) < 4.78 is 68.4. The largest absolute Gasteiger partial charge is 0.465 e. The van der Waals surface area contributed by atoms with E-state index in [2.05, 4.69) is 5.32 Å². The van der Waals surface area contributed by atoms with E-state index in [-0.39, 0.29) is 42.6 Å². The number of carboxylic acid groups (broad SMARTS) is 1. The summed E-state index contributed by atoms with van der Waals surface area (Å²) in [5.41, 5.74) is -1.38. The highest BCUT2D eigenvalue weighted by atomic mass is 32.2. The minimum absolute atomic E-state index is 0.0423. The number of sulfonamides is 1. The van der Waals surface area contributed by atoms with Gasteiger partial charge in [0.05, 0.1) is 10.5 Å². The highest BCUT2D eigenvalue weighted by molar-refractivity contribution is 7.89. The predicted molar refractivity (Wildman–Crippen MR) is 122 cm³/mol. The third-order valence-electron chi connectivity index (χ3n) is 5.72. The van der Waals surface area contributed by atoms with Crippen molar-refractivity contribution in [2.75, 3.05) is 18.4 Å². The molecule has 0 spiro atoms. The van der Waals surface area contributed by atoms with Gasteiger partial charge in [0.2, 0.25) is 10.0 Å². The Kier molecular flexibility index (Phi) is 7.46. The second kappa shape index (κ2) is 9.86. The van der Waals surface area contributed by atoms with Gasteiger partial charge in [-0.1, -0.05) is 0 Å². The van der Waals surface area contributed by atoms with Crippen LogP contribution < -0.4 is 5.32 Å². The number of halogens is 3. The Labute approximate surface area is 201 Å². The molecule has 0 aliphatic carbocycles. The molecule has 0 radical (unpaired) electrons. The lowest BCUT2D eigenvalue weighted by molar-refractivity contribution is 0.0523. The monoisotopic (exact) mass is 513 g/mol. The van der Waals surface area contributed by atoms with Crippen LogP contribution in [0.15, 0.2) is 41.3 Å². The average molecular weight is 514 g/mol. The van der Waals surface area contributed by atoms with Gasteiger partial charge in [-0.2, -0.15) is 4.31 Å². The van der Waals surface area contributed by atoms with Gasteiger partial charge in [-0.05, 0) is 63.9 Å². The third kappa shape index (κ3) is 5.76. The van der Waals surface area contributed by atoms with E-state index in [4.69, 9.17) is 0 Å². The van der Waals surface area contributed by atoms with E-state index in [0.29, 0.717) is 6.07 Å². The molecule has 1 fully saturated rings. The fraction of sp³-hybridized carbons (Fsp3) is 0.391. The maximum absolute atomic E-state index is 14.4. The lowest BCUT2D eigenvalue weighted by Gasteiger charge is -2.43. The van der Waals surface area contributed by atoms with Crippen molar-refractivity contribution in [3.63, 3.8) is 0 Å². The molecule has 2 aromatic rings. The highest BCUT2D eigenvalue weighted by Crippen LogP contribution is 2.28. The Morgan fingerprint density at radius 1 is 1.00 bits per heavy atom. The van der Waals surface area contributed by atoms with Crippen molar-refractivity contribution >= 4 is 27.7 Å². The summed E-state index contributed by atoms with van der Waals surface area (Å²) in [6.07, 6.45) is -0.546. The second-order valence-corrected chi connectivity index (χ2v) is 11.1. The Bertz CT molecular complexity index is 1240. The average Bonchev–Trinajstić information content (AvgIpc) is 2.75. The fourth-order valence-corrected chi connectivity index (χ4v) is 5.59. The molecular formula is C23H26F3N3O5S. The van der Waals surface area contributed by atoms with Gasteiger partial charge in [0, 0.05) is 36.4 Å². The fourth-order valence-electron chi connectivity index (χ4n) is 4.09. The van der Waals surface area contributed by atoms with E-state index < -0.39 is 50.6 Å². The Balaban J connectivity index is 1.79. The molecule has 2 N–H and O–H groups in total.